The van der Waals surface area contributed by atoms with Crippen LogP contribution in [-0.2, 0) is 15.4 Å². The molecule has 0 radical (unpaired) electrons. The second-order valence-corrected chi connectivity index (χ2v) is 6.31. The Morgan fingerprint density at radius 2 is 2.20 bits per heavy atom. The standard InChI is InChI=1S/C10H13NO3S/c1-8-4-9(6-11-5-8)10(12)2-3-15(13,14)7-10/h4-6,12H,2-3,7H2,1H3. The van der Waals surface area contributed by atoms with Crippen molar-refractivity contribution in [2.24, 2.45) is 0 Å². The Bertz CT molecular complexity index is 483. The normalized spacial score (nSPS) is 29.2. The number of aliphatic hydroxyl groups is 1. The average molecular weight is 227 g/mol. The molecule has 2 rings (SSSR count). The summed E-state index contributed by atoms with van der Waals surface area (Å²) in [4.78, 5) is 3.97. The Morgan fingerprint density at radius 1 is 1.47 bits per heavy atom. The van der Waals surface area contributed by atoms with E-state index in [1.165, 1.54) is 6.20 Å². The zero-order valence-corrected chi connectivity index (χ0v) is 9.29. The fourth-order valence-electron chi connectivity index (χ4n) is 1.87. The SMILES string of the molecule is Cc1cncc(C2(O)CCS(=O)(=O)C2)c1. The van der Waals surface area contributed by atoms with E-state index in [-0.39, 0.29) is 17.9 Å². The third-order valence-corrected chi connectivity index (χ3v) is 4.44. The molecule has 0 aromatic carbocycles. The highest BCUT2D eigenvalue weighted by molar-refractivity contribution is 7.91. The van der Waals surface area contributed by atoms with Crippen molar-refractivity contribution in [2.75, 3.05) is 11.5 Å². The first-order valence-corrected chi connectivity index (χ1v) is 6.58. The number of nitrogens with zero attached hydrogens (tertiary/aromatic N) is 1. The molecule has 1 saturated heterocycles. The Labute approximate surface area is 88.9 Å². The van der Waals surface area contributed by atoms with Gasteiger partial charge in [0.1, 0.15) is 5.60 Å². The molecule has 1 N–H and O–H groups in total. The fourth-order valence-corrected chi connectivity index (χ4v) is 3.70. The summed E-state index contributed by atoms with van der Waals surface area (Å²) in [5.41, 5.74) is 0.284. The van der Waals surface area contributed by atoms with Gasteiger partial charge in [-0.1, -0.05) is 6.07 Å². The molecule has 4 nitrogen and oxygen atoms in total. The summed E-state index contributed by atoms with van der Waals surface area (Å²) in [7, 11) is -3.09. The molecule has 15 heavy (non-hydrogen) atoms. The van der Waals surface area contributed by atoms with Gasteiger partial charge in [-0.2, -0.15) is 0 Å². The van der Waals surface area contributed by atoms with Crippen LogP contribution in [0.2, 0.25) is 0 Å². The summed E-state index contributed by atoms with van der Waals surface area (Å²) in [6.07, 6.45) is 3.48. The van der Waals surface area contributed by atoms with Crippen LogP contribution >= 0.6 is 0 Å². The molecule has 1 aliphatic heterocycles. The van der Waals surface area contributed by atoms with Gasteiger partial charge in [0.15, 0.2) is 9.84 Å². The highest BCUT2D eigenvalue weighted by Crippen LogP contribution is 2.33. The smallest absolute Gasteiger partial charge is 0.153 e. The van der Waals surface area contributed by atoms with Crippen LogP contribution in [0.25, 0.3) is 0 Å². The number of rotatable bonds is 1. The minimum atomic E-state index is -3.09. The molecule has 82 valence electrons. The minimum Gasteiger partial charge on any atom is -0.384 e. The van der Waals surface area contributed by atoms with Crippen molar-refractivity contribution in [3.8, 4) is 0 Å². The van der Waals surface area contributed by atoms with Gasteiger partial charge >= 0.3 is 0 Å². The predicted octanol–water partition coefficient (Wildman–Crippen LogP) is 0.396. The van der Waals surface area contributed by atoms with Crippen LogP contribution in [0, 0.1) is 6.92 Å². The molecular weight excluding hydrogens is 214 g/mol. The molecule has 5 heteroatoms. The summed E-state index contributed by atoms with van der Waals surface area (Å²) in [6, 6.07) is 1.79. The molecule has 2 heterocycles. The lowest BCUT2D eigenvalue weighted by Crippen LogP contribution is -2.27. The zero-order valence-electron chi connectivity index (χ0n) is 8.47. The van der Waals surface area contributed by atoms with Gasteiger partial charge in [-0.3, -0.25) is 4.98 Å². The van der Waals surface area contributed by atoms with Gasteiger partial charge in [0.2, 0.25) is 0 Å². The number of aromatic nitrogens is 1. The van der Waals surface area contributed by atoms with E-state index >= 15 is 0 Å². The van der Waals surface area contributed by atoms with E-state index in [4.69, 9.17) is 0 Å². The zero-order chi connectivity index (χ0) is 11.1. The summed E-state index contributed by atoms with van der Waals surface area (Å²) >= 11 is 0. The molecule has 1 atom stereocenters. The monoisotopic (exact) mass is 227 g/mol. The first-order valence-electron chi connectivity index (χ1n) is 4.76. The lowest BCUT2D eigenvalue weighted by atomic mass is 9.94. The maximum atomic E-state index is 11.3. The minimum absolute atomic E-state index is 0.0530. The van der Waals surface area contributed by atoms with Crippen LogP contribution < -0.4 is 0 Å². The number of hydrogen-bond acceptors (Lipinski definition) is 4. The summed E-state index contributed by atoms with van der Waals surface area (Å²) in [5, 5.41) is 10.2. The molecule has 0 bridgehead atoms. The van der Waals surface area contributed by atoms with Crippen molar-refractivity contribution >= 4 is 9.84 Å². The molecule has 1 aromatic rings. The van der Waals surface area contributed by atoms with E-state index in [9.17, 15) is 13.5 Å². The number of sulfone groups is 1. The molecule has 1 fully saturated rings. The maximum Gasteiger partial charge on any atom is 0.153 e. The van der Waals surface area contributed by atoms with Gasteiger partial charge < -0.3 is 5.11 Å². The van der Waals surface area contributed by atoms with Gasteiger partial charge in [0, 0.05) is 18.0 Å². The Balaban J connectivity index is 2.40. The molecule has 0 saturated carbocycles. The molecule has 1 unspecified atom stereocenters. The van der Waals surface area contributed by atoms with E-state index in [1.54, 1.807) is 12.3 Å². The summed E-state index contributed by atoms with van der Waals surface area (Å²) in [5.74, 6) is -0.136. The van der Waals surface area contributed by atoms with Gasteiger partial charge in [-0.05, 0) is 18.9 Å². The quantitative estimate of drug-likeness (QED) is 0.754. The molecule has 1 aromatic heterocycles. The highest BCUT2D eigenvalue weighted by Gasteiger charge is 2.42. The van der Waals surface area contributed by atoms with Gasteiger partial charge in [-0.15, -0.1) is 0 Å². The molecule has 0 aliphatic carbocycles. The number of aryl methyl sites for hydroxylation is 1. The number of pyridine rings is 1. The lowest BCUT2D eigenvalue weighted by molar-refractivity contribution is 0.0648. The average Bonchev–Trinajstić information content (AvgIpc) is 2.42. The van der Waals surface area contributed by atoms with Crippen molar-refractivity contribution in [2.45, 2.75) is 18.9 Å². The first-order chi connectivity index (χ1) is 6.91. The predicted molar refractivity (Wildman–Crippen MR) is 56.1 cm³/mol. The number of hydrogen-bond donors (Lipinski definition) is 1. The van der Waals surface area contributed by atoms with Crippen LogP contribution in [0.5, 0.6) is 0 Å². The van der Waals surface area contributed by atoms with Crippen LogP contribution in [0.4, 0.5) is 0 Å². The van der Waals surface area contributed by atoms with E-state index in [0.717, 1.165) is 5.56 Å². The summed E-state index contributed by atoms with van der Waals surface area (Å²) in [6.45, 7) is 1.86. The van der Waals surface area contributed by atoms with Crippen molar-refractivity contribution in [1.82, 2.24) is 4.98 Å². The molecular formula is C10H13NO3S. The lowest BCUT2D eigenvalue weighted by Gasteiger charge is -2.20. The van der Waals surface area contributed by atoms with E-state index in [1.807, 2.05) is 6.92 Å². The van der Waals surface area contributed by atoms with Crippen molar-refractivity contribution in [3.05, 3.63) is 29.6 Å². The molecule has 0 spiro atoms. The van der Waals surface area contributed by atoms with Crippen LogP contribution in [-0.4, -0.2) is 30.0 Å². The van der Waals surface area contributed by atoms with Crippen molar-refractivity contribution < 1.29 is 13.5 Å². The maximum absolute atomic E-state index is 11.3. The van der Waals surface area contributed by atoms with E-state index in [0.29, 0.717) is 5.56 Å². The van der Waals surface area contributed by atoms with Gasteiger partial charge in [0.05, 0.1) is 11.5 Å². The Morgan fingerprint density at radius 3 is 2.73 bits per heavy atom. The van der Waals surface area contributed by atoms with Crippen molar-refractivity contribution in [3.63, 3.8) is 0 Å². The second-order valence-electron chi connectivity index (χ2n) is 4.12. The topological polar surface area (TPSA) is 67.3 Å². The van der Waals surface area contributed by atoms with Crippen LogP contribution in [0.3, 0.4) is 0 Å². The van der Waals surface area contributed by atoms with E-state index < -0.39 is 15.4 Å². The largest absolute Gasteiger partial charge is 0.384 e. The molecule has 1 aliphatic rings. The first kappa shape index (κ1) is 10.6. The Hall–Kier alpha value is -0.940. The van der Waals surface area contributed by atoms with Crippen molar-refractivity contribution in [1.29, 1.82) is 0 Å². The van der Waals surface area contributed by atoms with Gasteiger partial charge in [0.25, 0.3) is 0 Å². The third kappa shape index (κ3) is 2.03. The van der Waals surface area contributed by atoms with Crippen LogP contribution in [0.15, 0.2) is 18.5 Å². The Kier molecular flexibility index (Phi) is 2.31. The van der Waals surface area contributed by atoms with E-state index in [2.05, 4.69) is 4.98 Å². The van der Waals surface area contributed by atoms with Gasteiger partial charge in [-0.25, -0.2) is 8.42 Å². The molecule has 0 amide bonds. The fraction of sp³-hybridized carbons (Fsp3) is 0.500. The van der Waals surface area contributed by atoms with Crippen LogP contribution in [0.1, 0.15) is 17.5 Å². The summed E-state index contributed by atoms with van der Waals surface area (Å²) < 4.78 is 22.6. The third-order valence-electron chi connectivity index (χ3n) is 2.70. The second kappa shape index (κ2) is 3.28. The highest BCUT2D eigenvalue weighted by atomic mass is 32.2.